The van der Waals surface area contributed by atoms with Crippen molar-refractivity contribution in [2.24, 2.45) is 0 Å². The van der Waals surface area contributed by atoms with Gasteiger partial charge in [0.2, 0.25) is 0 Å². The topological polar surface area (TPSA) is 50.4 Å². The predicted molar refractivity (Wildman–Crippen MR) is 88.8 cm³/mol. The van der Waals surface area contributed by atoms with Crippen molar-refractivity contribution >= 4 is 17.3 Å². The molecule has 3 rings (SSSR count). The van der Waals surface area contributed by atoms with Gasteiger partial charge in [-0.2, -0.15) is 0 Å². The maximum Gasteiger partial charge on any atom is 0.255 e. The highest BCUT2D eigenvalue weighted by molar-refractivity contribution is 6.04. The lowest BCUT2D eigenvalue weighted by molar-refractivity contribution is 0.102. The molecule has 0 fully saturated rings. The second kappa shape index (κ2) is 6.52. The number of benzene rings is 2. The van der Waals surface area contributed by atoms with Gasteiger partial charge in [-0.05, 0) is 48.7 Å². The van der Waals surface area contributed by atoms with E-state index in [0.717, 1.165) is 36.5 Å². The van der Waals surface area contributed by atoms with Crippen molar-refractivity contribution < 1.29 is 9.53 Å². The lowest BCUT2D eigenvalue weighted by Gasteiger charge is -2.09. The third-order valence-electron chi connectivity index (χ3n) is 3.64. The SMILES string of the molecule is CCCOc1cccc(NC(=O)c2ccc3c(c2)CCN3)c1. The zero-order valence-electron chi connectivity index (χ0n) is 12.7. The van der Waals surface area contributed by atoms with Crippen LogP contribution in [-0.2, 0) is 6.42 Å². The second-order valence-corrected chi connectivity index (χ2v) is 5.38. The fraction of sp³-hybridized carbons (Fsp3) is 0.278. The normalized spacial score (nSPS) is 12.4. The van der Waals surface area contributed by atoms with Crippen LogP contribution in [0.4, 0.5) is 11.4 Å². The first kappa shape index (κ1) is 14.4. The number of carbonyl (C=O) groups is 1. The number of nitrogens with one attached hydrogen (secondary N) is 2. The molecule has 2 N–H and O–H groups in total. The van der Waals surface area contributed by atoms with Gasteiger partial charge < -0.3 is 15.4 Å². The number of hydrogen-bond donors (Lipinski definition) is 2. The average Bonchev–Trinajstić information content (AvgIpc) is 3.00. The molecule has 2 aromatic carbocycles. The van der Waals surface area contributed by atoms with Crippen LogP contribution in [0.1, 0.15) is 29.3 Å². The largest absolute Gasteiger partial charge is 0.494 e. The molecule has 2 aromatic rings. The summed E-state index contributed by atoms with van der Waals surface area (Å²) in [7, 11) is 0. The second-order valence-electron chi connectivity index (χ2n) is 5.38. The first-order valence-corrected chi connectivity index (χ1v) is 7.67. The molecule has 0 unspecified atom stereocenters. The Labute approximate surface area is 130 Å². The summed E-state index contributed by atoms with van der Waals surface area (Å²) in [5.41, 5.74) is 3.76. The smallest absolute Gasteiger partial charge is 0.255 e. The third kappa shape index (κ3) is 3.22. The highest BCUT2D eigenvalue weighted by atomic mass is 16.5. The fourth-order valence-electron chi connectivity index (χ4n) is 2.53. The molecule has 0 aliphatic carbocycles. The van der Waals surface area contributed by atoms with Crippen molar-refractivity contribution in [3.05, 3.63) is 53.6 Å². The molecule has 0 saturated carbocycles. The van der Waals surface area contributed by atoms with E-state index >= 15 is 0 Å². The van der Waals surface area contributed by atoms with Crippen LogP contribution in [0.2, 0.25) is 0 Å². The van der Waals surface area contributed by atoms with E-state index in [-0.39, 0.29) is 5.91 Å². The Morgan fingerprint density at radius 2 is 2.18 bits per heavy atom. The first-order chi connectivity index (χ1) is 10.8. The molecule has 1 amide bonds. The van der Waals surface area contributed by atoms with Crippen molar-refractivity contribution in [2.45, 2.75) is 19.8 Å². The monoisotopic (exact) mass is 296 g/mol. The molecule has 1 heterocycles. The van der Waals surface area contributed by atoms with E-state index < -0.39 is 0 Å². The zero-order valence-corrected chi connectivity index (χ0v) is 12.7. The lowest BCUT2D eigenvalue weighted by Crippen LogP contribution is -2.12. The summed E-state index contributed by atoms with van der Waals surface area (Å²) < 4.78 is 5.58. The van der Waals surface area contributed by atoms with Gasteiger partial charge in [-0.25, -0.2) is 0 Å². The van der Waals surface area contributed by atoms with E-state index in [1.165, 1.54) is 5.56 Å². The van der Waals surface area contributed by atoms with Crippen LogP contribution in [0.3, 0.4) is 0 Å². The summed E-state index contributed by atoms with van der Waals surface area (Å²) in [6.07, 6.45) is 1.93. The Hall–Kier alpha value is -2.49. The molecule has 0 bridgehead atoms. The van der Waals surface area contributed by atoms with Crippen LogP contribution in [0.25, 0.3) is 0 Å². The Morgan fingerprint density at radius 3 is 3.05 bits per heavy atom. The molecule has 4 heteroatoms. The van der Waals surface area contributed by atoms with Crippen molar-refractivity contribution in [1.29, 1.82) is 0 Å². The third-order valence-corrected chi connectivity index (χ3v) is 3.64. The van der Waals surface area contributed by atoms with Crippen molar-refractivity contribution in [2.75, 3.05) is 23.8 Å². The highest BCUT2D eigenvalue weighted by Crippen LogP contribution is 2.24. The van der Waals surface area contributed by atoms with Crippen LogP contribution in [-0.4, -0.2) is 19.1 Å². The Kier molecular flexibility index (Phi) is 4.28. The van der Waals surface area contributed by atoms with Gasteiger partial charge in [0.05, 0.1) is 6.61 Å². The quantitative estimate of drug-likeness (QED) is 0.884. The molecule has 1 aliphatic heterocycles. The molecular weight excluding hydrogens is 276 g/mol. The summed E-state index contributed by atoms with van der Waals surface area (Å²) in [6.45, 7) is 3.68. The van der Waals surface area contributed by atoms with Gasteiger partial charge in [0.15, 0.2) is 0 Å². The van der Waals surface area contributed by atoms with E-state index in [2.05, 4.69) is 17.6 Å². The summed E-state index contributed by atoms with van der Waals surface area (Å²) in [4.78, 5) is 12.4. The first-order valence-electron chi connectivity index (χ1n) is 7.67. The molecule has 0 spiro atoms. The van der Waals surface area contributed by atoms with Crippen LogP contribution in [0.5, 0.6) is 5.75 Å². The number of fused-ring (bicyclic) bond motifs is 1. The molecule has 1 aliphatic rings. The van der Waals surface area contributed by atoms with E-state index in [0.29, 0.717) is 12.2 Å². The summed E-state index contributed by atoms with van der Waals surface area (Å²) >= 11 is 0. The molecule has 0 radical (unpaired) electrons. The molecule has 0 saturated heterocycles. The summed E-state index contributed by atoms with van der Waals surface area (Å²) in [6, 6.07) is 13.3. The van der Waals surface area contributed by atoms with E-state index in [1.54, 1.807) is 0 Å². The van der Waals surface area contributed by atoms with Crippen molar-refractivity contribution in [1.82, 2.24) is 0 Å². The van der Waals surface area contributed by atoms with Crippen LogP contribution < -0.4 is 15.4 Å². The van der Waals surface area contributed by atoms with Crippen LogP contribution in [0.15, 0.2) is 42.5 Å². The minimum atomic E-state index is -0.0951. The number of amides is 1. The number of ether oxygens (including phenoxy) is 1. The van der Waals surface area contributed by atoms with Crippen LogP contribution in [0, 0.1) is 0 Å². The van der Waals surface area contributed by atoms with Gasteiger partial charge in [-0.3, -0.25) is 4.79 Å². The number of carbonyl (C=O) groups excluding carboxylic acids is 1. The maximum atomic E-state index is 12.4. The molecule has 22 heavy (non-hydrogen) atoms. The molecule has 114 valence electrons. The van der Waals surface area contributed by atoms with E-state index in [1.807, 2.05) is 42.5 Å². The van der Waals surface area contributed by atoms with Crippen molar-refractivity contribution in [3.63, 3.8) is 0 Å². The van der Waals surface area contributed by atoms with Crippen LogP contribution >= 0.6 is 0 Å². The molecule has 0 atom stereocenters. The van der Waals surface area contributed by atoms with Gasteiger partial charge in [0, 0.05) is 29.5 Å². The van der Waals surface area contributed by atoms with Crippen molar-refractivity contribution in [3.8, 4) is 5.75 Å². The highest BCUT2D eigenvalue weighted by Gasteiger charge is 2.13. The molecular formula is C18H20N2O2. The maximum absolute atomic E-state index is 12.4. The Balaban J connectivity index is 1.71. The molecule has 0 aromatic heterocycles. The zero-order chi connectivity index (χ0) is 15.4. The number of hydrogen-bond acceptors (Lipinski definition) is 3. The number of anilines is 2. The fourth-order valence-corrected chi connectivity index (χ4v) is 2.53. The minimum absolute atomic E-state index is 0.0951. The van der Waals surface area contributed by atoms with E-state index in [4.69, 9.17) is 4.74 Å². The van der Waals surface area contributed by atoms with E-state index in [9.17, 15) is 4.79 Å². The lowest BCUT2D eigenvalue weighted by atomic mass is 10.1. The van der Waals surface area contributed by atoms with Gasteiger partial charge >= 0.3 is 0 Å². The average molecular weight is 296 g/mol. The molecule has 4 nitrogen and oxygen atoms in total. The minimum Gasteiger partial charge on any atom is -0.494 e. The Morgan fingerprint density at radius 1 is 1.27 bits per heavy atom. The van der Waals surface area contributed by atoms with Gasteiger partial charge in [-0.15, -0.1) is 0 Å². The van der Waals surface area contributed by atoms with Gasteiger partial charge in [-0.1, -0.05) is 13.0 Å². The summed E-state index contributed by atoms with van der Waals surface area (Å²) in [5, 5.41) is 6.22. The number of rotatable bonds is 5. The predicted octanol–water partition coefficient (Wildman–Crippen LogP) is 3.70. The van der Waals surface area contributed by atoms with Gasteiger partial charge in [0.25, 0.3) is 5.91 Å². The summed E-state index contributed by atoms with van der Waals surface area (Å²) in [5.74, 6) is 0.681. The van der Waals surface area contributed by atoms with Gasteiger partial charge in [0.1, 0.15) is 5.75 Å². The standard InChI is InChI=1S/C18H20N2O2/c1-2-10-22-16-5-3-4-15(12-16)20-18(21)14-6-7-17-13(11-14)8-9-19-17/h3-7,11-12,19H,2,8-10H2,1H3,(H,20,21). The Bertz CT molecular complexity index is 683.